The average molecular weight is 358 g/mol. The lowest BCUT2D eigenvalue weighted by Gasteiger charge is -2.20. The van der Waals surface area contributed by atoms with E-state index < -0.39 is 45.3 Å². The molecule has 0 atom stereocenters. The van der Waals surface area contributed by atoms with Crippen molar-refractivity contribution in [3.63, 3.8) is 0 Å². The Morgan fingerprint density at radius 2 is 1.96 bits per heavy atom. The standard InChI is InChI=1S/C11H11ClF3N3O5/c1-10(2,3)23-9(19)17-8-7(22-11(13,14)15)6(12)5(4-16-8)18(20)21/h4H,1-3H3,(H,16,17,19). The summed E-state index contributed by atoms with van der Waals surface area (Å²) in [4.78, 5) is 24.6. The van der Waals surface area contributed by atoms with Crippen molar-refractivity contribution < 1.29 is 32.4 Å². The van der Waals surface area contributed by atoms with Gasteiger partial charge in [0.25, 0.3) is 0 Å². The number of nitrogens with one attached hydrogen (secondary N) is 1. The van der Waals surface area contributed by atoms with E-state index in [2.05, 4.69) is 9.72 Å². The Bertz CT molecular complexity index is 631. The van der Waals surface area contributed by atoms with Crippen molar-refractivity contribution in [1.82, 2.24) is 4.98 Å². The van der Waals surface area contributed by atoms with E-state index in [-0.39, 0.29) is 0 Å². The SMILES string of the molecule is CC(C)(C)OC(=O)Nc1ncc([N+](=O)[O-])c(Cl)c1OC(F)(F)F. The summed E-state index contributed by atoms with van der Waals surface area (Å²) in [6.45, 7) is 4.57. The van der Waals surface area contributed by atoms with Crippen LogP contribution in [0.4, 0.5) is 29.5 Å². The molecule has 0 spiro atoms. The van der Waals surface area contributed by atoms with E-state index in [0.29, 0.717) is 6.20 Å². The van der Waals surface area contributed by atoms with E-state index in [1.165, 1.54) is 20.8 Å². The largest absolute Gasteiger partial charge is 0.573 e. The number of hydrogen-bond acceptors (Lipinski definition) is 6. The predicted molar refractivity (Wildman–Crippen MR) is 72.4 cm³/mol. The van der Waals surface area contributed by atoms with Gasteiger partial charge in [-0.25, -0.2) is 9.78 Å². The zero-order valence-corrected chi connectivity index (χ0v) is 12.8. The number of ether oxygens (including phenoxy) is 2. The van der Waals surface area contributed by atoms with Crippen LogP contribution in [0.1, 0.15) is 20.8 Å². The summed E-state index contributed by atoms with van der Waals surface area (Å²) in [5, 5.41) is 11.6. The van der Waals surface area contributed by atoms with Crippen LogP contribution in [0.5, 0.6) is 5.75 Å². The van der Waals surface area contributed by atoms with E-state index in [0.717, 1.165) is 0 Å². The molecule has 128 valence electrons. The van der Waals surface area contributed by atoms with Crippen LogP contribution >= 0.6 is 11.6 Å². The molecule has 1 aromatic heterocycles. The molecule has 0 aliphatic carbocycles. The quantitative estimate of drug-likeness (QED) is 0.650. The third-order valence-corrected chi connectivity index (χ3v) is 2.35. The van der Waals surface area contributed by atoms with Gasteiger partial charge in [0.2, 0.25) is 0 Å². The molecule has 0 aliphatic rings. The third kappa shape index (κ3) is 5.77. The second-order valence-electron chi connectivity index (χ2n) is 5.07. The number of pyridine rings is 1. The van der Waals surface area contributed by atoms with Crippen LogP contribution in [0.3, 0.4) is 0 Å². The van der Waals surface area contributed by atoms with Gasteiger partial charge < -0.3 is 9.47 Å². The smallest absolute Gasteiger partial charge is 0.444 e. The van der Waals surface area contributed by atoms with Gasteiger partial charge in [-0.2, -0.15) is 0 Å². The number of nitro groups is 1. The number of carbonyl (C=O) groups is 1. The lowest BCUT2D eigenvalue weighted by Crippen LogP contribution is -2.28. The van der Waals surface area contributed by atoms with Crippen LogP contribution in [-0.2, 0) is 4.74 Å². The molecule has 1 amide bonds. The molecular formula is C11H11ClF3N3O5. The highest BCUT2D eigenvalue weighted by molar-refractivity contribution is 6.34. The number of halogens is 4. The molecule has 1 N–H and O–H groups in total. The molecule has 23 heavy (non-hydrogen) atoms. The van der Waals surface area contributed by atoms with Crippen LogP contribution in [0.15, 0.2) is 6.20 Å². The molecule has 0 radical (unpaired) electrons. The fourth-order valence-electron chi connectivity index (χ4n) is 1.29. The molecular weight excluding hydrogens is 347 g/mol. The molecule has 0 saturated carbocycles. The molecule has 0 unspecified atom stereocenters. The molecule has 0 bridgehead atoms. The van der Waals surface area contributed by atoms with Crippen molar-refractivity contribution in [2.45, 2.75) is 32.7 Å². The monoisotopic (exact) mass is 357 g/mol. The maximum atomic E-state index is 12.4. The third-order valence-electron chi connectivity index (χ3n) is 1.99. The second kappa shape index (κ2) is 6.44. The zero-order chi connectivity index (χ0) is 18.0. The first-order valence-corrected chi connectivity index (χ1v) is 6.26. The minimum atomic E-state index is -5.20. The maximum Gasteiger partial charge on any atom is 0.573 e. The van der Waals surface area contributed by atoms with Gasteiger partial charge in [-0.3, -0.25) is 15.4 Å². The fraction of sp³-hybridized carbons (Fsp3) is 0.455. The Morgan fingerprint density at radius 3 is 2.39 bits per heavy atom. The molecule has 0 aliphatic heterocycles. The van der Waals surface area contributed by atoms with Gasteiger partial charge in [0.1, 0.15) is 11.8 Å². The number of amides is 1. The molecule has 1 aromatic rings. The van der Waals surface area contributed by atoms with Gasteiger partial charge in [-0.05, 0) is 20.8 Å². The molecule has 1 rings (SSSR count). The van der Waals surface area contributed by atoms with E-state index in [1.54, 1.807) is 0 Å². The van der Waals surface area contributed by atoms with Gasteiger partial charge in [-0.1, -0.05) is 11.6 Å². The Kier molecular flexibility index (Phi) is 5.25. The number of aromatic nitrogens is 1. The zero-order valence-electron chi connectivity index (χ0n) is 12.0. The maximum absolute atomic E-state index is 12.4. The minimum absolute atomic E-state index is 0.582. The Hall–Kier alpha value is -2.30. The van der Waals surface area contributed by atoms with E-state index in [9.17, 15) is 28.1 Å². The first-order chi connectivity index (χ1) is 10.3. The van der Waals surface area contributed by atoms with Crippen LogP contribution < -0.4 is 10.1 Å². The van der Waals surface area contributed by atoms with Gasteiger partial charge in [0.05, 0.1) is 4.92 Å². The normalized spacial score (nSPS) is 11.8. The summed E-state index contributed by atoms with van der Waals surface area (Å²) < 4.78 is 45.7. The van der Waals surface area contributed by atoms with Crippen molar-refractivity contribution in [1.29, 1.82) is 0 Å². The van der Waals surface area contributed by atoms with E-state index in [1.807, 2.05) is 5.32 Å². The van der Waals surface area contributed by atoms with Crippen molar-refractivity contribution in [2.75, 3.05) is 5.32 Å². The van der Waals surface area contributed by atoms with Gasteiger partial charge in [-0.15, -0.1) is 13.2 Å². The second-order valence-corrected chi connectivity index (χ2v) is 5.44. The van der Waals surface area contributed by atoms with Crippen molar-refractivity contribution in [2.24, 2.45) is 0 Å². The van der Waals surface area contributed by atoms with E-state index >= 15 is 0 Å². The van der Waals surface area contributed by atoms with Crippen LogP contribution in [0, 0.1) is 10.1 Å². The molecule has 8 nitrogen and oxygen atoms in total. The van der Waals surface area contributed by atoms with Gasteiger partial charge in [0.15, 0.2) is 16.6 Å². The summed E-state index contributed by atoms with van der Waals surface area (Å²) in [6, 6.07) is 0. The summed E-state index contributed by atoms with van der Waals surface area (Å²) in [5.74, 6) is -1.98. The van der Waals surface area contributed by atoms with Gasteiger partial charge >= 0.3 is 18.1 Å². The van der Waals surface area contributed by atoms with Crippen molar-refractivity contribution >= 4 is 29.2 Å². The number of rotatable bonds is 3. The number of carbonyl (C=O) groups excluding carboxylic acids is 1. The first kappa shape index (κ1) is 18.7. The Morgan fingerprint density at radius 1 is 1.39 bits per heavy atom. The lowest BCUT2D eigenvalue weighted by molar-refractivity contribution is -0.385. The predicted octanol–water partition coefficient (Wildman–Crippen LogP) is 3.89. The minimum Gasteiger partial charge on any atom is -0.444 e. The van der Waals surface area contributed by atoms with Crippen LogP contribution in [0.2, 0.25) is 5.02 Å². The summed E-state index contributed by atoms with van der Waals surface area (Å²) in [6.07, 6.45) is -5.76. The molecule has 1 heterocycles. The number of hydrogen-bond donors (Lipinski definition) is 1. The lowest BCUT2D eigenvalue weighted by atomic mass is 10.2. The molecule has 0 fully saturated rings. The van der Waals surface area contributed by atoms with Crippen molar-refractivity contribution in [3.05, 3.63) is 21.3 Å². The van der Waals surface area contributed by atoms with E-state index in [4.69, 9.17) is 16.3 Å². The summed E-state index contributed by atoms with van der Waals surface area (Å²) >= 11 is 5.53. The highest BCUT2D eigenvalue weighted by Crippen LogP contribution is 2.41. The number of nitrogens with zero attached hydrogens (tertiary/aromatic N) is 2. The summed E-state index contributed by atoms with van der Waals surface area (Å²) in [5.41, 5.74) is -1.85. The molecule has 0 aromatic carbocycles. The van der Waals surface area contributed by atoms with Crippen LogP contribution in [-0.4, -0.2) is 28.0 Å². The Labute approximate surface area is 132 Å². The molecule has 12 heteroatoms. The topological polar surface area (TPSA) is 104 Å². The Balaban J connectivity index is 3.23. The fourth-order valence-corrected chi connectivity index (χ4v) is 1.53. The van der Waals surface area contributed by atoms with Gasteiger partial charge in [0, 0.05) is 0 Å². The summed E-state index contributed by atoms with van der Waals surface area (Å²) in [7, 11) is 0. The molecule has 0 saturated heterocycles. The highest BCUT2D eigenvalue weighted by atomic mass is 35.5. The highest BCUT2D eigenvalue weighted by Gasteiger charge is 2.36. The average Bonchev–Trinajstić information content (AvgIpc) is 2.29. The number of alkyl halides is 3. The first-order valence-electron chi connectivity index (χ1n) is 5.89. The number of anilines is 1. The van der Waals surface area contributed by atoms with Crippen molar-refractivity contribution in [3.8, 4) is 5.75 Å². The van der Waals surface area contributed by atoms with Crippen LogP contribution in [0.25, 0.3) is 0 Å².